The molecule has 4 rings (SSSR count). The number of amides is 1. The van der Waals surface area contributed by atoms with E-state index in [1.807, 2.05) is 31.2 Å². The van der Waals surface area contributed by atoms with Crippen molar-refractivity contribution in [3.8, 4) is 5.75 Å². The van der Waals surface area contributed by atoms with Crippen molar-refractivity contribution in [1.82, 2.24) is 4.90 Å². The molecular formula is C23H29NO5. The number of hydrogen-bond donors (Lipinski definition) is 0. The predicted octanol–water partition coefficient (Wildman–Crippen LogP) is 3.42. The van der Waals surface area contributed by atoms with Crippen molar-refractivity contribution >= 4 is 11.7 Å². The number of benzene rings is 1. The number of rotatable bonds is 7. The van der Waals surface area contributed by atoms with Gasteiger partial charge < -0.3 is 19.1 Å². The Balaban J connectivity index is 1.69. The second-order valence-electron chi connectivity index (χ2n) is 7.90. The van der Waals surface area contributed by atoms with Crippen LogP contribution in [0.25, 0.3) is 0 Å². The van der Waals surface area contributed by atoms with Crippen molar-refractivity contribution < 1.29 is 23.8 Å². The number of Topliss-reactive ketones (excluding diaryl/α,β-unsaturated/α-hetero) is 1. The van der Waals surface area contributed by atoms with E-state index in [2.05, 4.69) is 0 Å². The van der Waals surface area contributed by atoms with Gasteiger partial charge in [0.2, 0.25) is 0 Å². The third kappa shape index (κ3) is 3.66. The zero-order valence-electron chi connectivity index (χ0n) is 17.2. The van der Waals surface area contributed by atoms with E-state index in [1.165, 1.54) is 0 Å². The van der Waals surface area contributed by atoms with Crippen LogP contribution in [0.5, 0.6) is 5.75 Å². The van der Waals surface area contributed by atoms with Crippen molar-refractivity contribution in [3.63, 3.8) is 0 Å². The smallest absolute Gasteiger partial charge is 0.290 e. The third-order valence-corrected chi connectivity index (χ3v) is 6.11. The summed E-state index contributed by atoms with van der Waals surface area (Å²) in [5, 5.41) is 0. The summed E-state index contributed by atoms with van der Waals surface area (Å²) in [4.78, 5) is 28.5. The van der Waals surface area contributed by atoms with E-state index >= 15 is 0 Å². The van der Waals surface area contributed by atoms with E-state index < -0.39 is 6.04 Å². The lowest BCUT2D eigenvalue weighted by atomic mass is 9.77. The van der Waals surface area contributed by atoms with E-state index in [9.17, 15) is 9.59 Å². The first-order chi connectivity index (χ1) is 14.2. The summed E-state index contributed by atoms with van der Waals surface area (Å²) in [6, 6.07) is 7.28. The molecule has 6 heteroatoms. The van der Waals surface area contributed by atoms with Crippen LogP contribution in [-0.4, -0.2) is 49.6 Å². The Morgan fingerprint density at radius 3 is 2.62 bits per heavy atom. The highest BCUT2D eigenvalue weighted by atomic mass is 16.5. The SMILES string of the molecule is CCOc1ccc(C2C3=C(OC4CCCCC4C3=O)C(=O)N2CCCOC)cc1. The maximum atomic E-state index is 13.4. The maximum absolute atomic E-state index is 13.4. The number of hydrogen-bond acceptors (Lipinski definition) is 5. The quantitative estimate of drug-likeness (QED) is 0.658. The van der Waals surface area contributed by atoms with Gasteiger partial charge in [-0.1, -0.05) is 18.6 Å². The monoisotopic (exact) mass is 399 g/mol. The fraction of sp³-hybridized carbons (Fsp3) is 0.565. The molecule has 3 aliphatic rings. The third-order valence-electron chi connectivity index (χ3n) is 6.11. The van der Waals surface area contributed by atoms with E-state index in [-0.39, 0.29) is 29.5 Å². The number of ether oxygens (including phenoxy) is 3. The largest absolute Gasteiger partial charge is 0.494 e. The highest BCUT2D eigenvalue weighted by Crippen LogP contribution is 2.46. The van der Waals surface area contributed by atoms with Crippen molar-refractivity contribution in [2.75, 3.05) is 26.9 Å². The summed E-state index contributed by atoms with van der Waals surface area (Å²) >= 11 is 0. The summed E-state index contributed by atoms with van der Waals surface area (Å²) in [5.41, 5.74) is 1.45. The molecule has 1 fully saturated rings. The molecule has 3 atom stereocenters. The second kappa shape index (κ2) is 8.57. The number of methoxy groups -OCH3 is 1. The van der Waals surface area contributed by atoms with Crippen LogP contribution in [-0.2, 0) is 19.1 Å². The zero-order chi connectivity index (χ0) is 20.4. The van der Waals surface area contributed by atoms with Gasteiger partial charge in [-0.3, -0.25) is 9.59 Å². The van der Waals surface area contributed by atoms with Gasteiger partial charge in [-0.15, -0.1) is 0 Å². The Labute approximate surface area is 171 Å². The molecule has 2 heterocycles. The van der Waals surface area contributed by atoms with Crippen LogP contribution < -0.4 is 4.74 Å². The lowest BCUT2D eigenvalue weighted by molar-refractivity contribution is -0.135. The molecule has 0 aromatic heterocycles. The van der Waals surface area contributed by atoms with E-state index in [0.717, 1.165) is 37.0 Å². The van der Waals surface area contributed by atoms with Crippen molar-refractivity contribution in [1.29, 1.82) is 0 Å². The van der Waals surface area contributed by atoms with E-state index in [4.69, 9.17) is 14.2 Å². The van der Waals surface area contributed by atoms with Gasteiger partial charge >= 0.3 is 0 Å². The molecule has 0 radical (unpaired) electrons. The van der Waals surface area contributed by atoms with Gasteiger partial charge in [-0.05, 0) is 50.3 Å². The molecule has 1 saturated carbocycles. The summed E-state index contributed by atoms with van der Waals surface area (Å²) in [5.74, 6) is 0.845. The first-order valence-corrected chi connectivity index (χ1v) is 10.6. The molecule has 0 bridgehead atoms. The van der Waals surface area contributed by atoms with E-state index in [0.29, 0.717) is 31.8 Å². The fourth-order valence-electron chi connectivity index (χ4n) is 4.76. The summed E-state index contributed by atoms with van der Waals surface area (Å²) in [6.07, 6.45) is 4.32. The van der Waals surface area contributed by atoms with Gasteiger partial charge in [0, 0.05) is 20.3 Å². The highest BCUT2D eigenvalue weighted by molar-refractivity contribution is 6.11. The van der Waals surface area contributed by atoms with Crippen LogP contribution in [0.4, 0.5) is 0 Å². The van der Waals surface area contributed by atoms with Gasteiger partial charge in [0.25, 0.3) is 5.91 Å². The number of nitrogens with zero attached hydrogens (tertiary/aromatic N) is 1. The zero-order valence-corrected chi connectivity index (χ0v) is 17.2. The van der Waals surface area contributed by atoms with Crippen LogP contribution in [0.15, 0.2) is 35.6 Å². The van der Waals surface area contributed by atoms with Crippen LogP contribution in [0.3, 0.4) is 0 Å². The number of carbonyl (C=O) groups is 2. The number of ketones is 1. The van der Waals surface area contributed by atoms with Crippen molar-refractivity contribution in [2.24, 2.45) is 5.92 Å². The second-order valence-corrected chi connectivity index (χ2v) is 7.90. The standard InChI is InChI=1S/C23H29NO5/c1-3-28-16-11-9-15(10-12-16)20-19-21(25)17-7-4-5-8-18(17)29-22(19)23(26)24(20)13-6-14-27-2/h9-12,17-18,20H,3-8,13-14H2,1-2H3. The Morgan fingerprint density at radius 1 is 1.14 bits per heavy atom. The molecule has 6 nitrogen and oxygen atoms in total. The molecule has 3 unspecified atom stereocenters. The number of fused-ring (bicyclic) bond motifs is 1. The molecule has 0 saturated heterocycles. The minimum absolute atomic E-state index is 0.0948. The molecule has 0 N–H and O–H groups in total. The summed E-state index contributed by atoms with van der Waals surface area (Å²) in [6.45, 7) is 3.61. The van der Waals surface area contributed by atoms with Crippen LogP contribution in [0, 0.1) is 5.92 Å². The normalized spacial score (nSPS) is 26.3. The maximum Gasteiger partial charge on any atom is 0.290 e. The van der Waals surface area contributed by atoms with Crippen LogP contribution in [0.2, 0.25) is 0 Å². The summed E-state index contributed by atoms with van der Waals surface area (Å²) < 4.78 is 16.9. The van der Waals surface area contributed by atoms with Gasteiger partial charge in [-0.25, -0.2) is 0 Å². The fourth-order valence-corrected chi connectivity index (χ4v) is 4.76. The molecule has 1 aromatic rings. The molecule has 29 heavy (non-hydrogen) atoms. The van der Waals surface area contributed by atoms with Crippen LogP contribution in [0.1, 0.15) is 50.6 Å². The van der Waals surface area contributed by atoms with Crippen molar-refractivity contribution in [2.45, 2.75) is 51.2 Å². The molecule has 1 aliphatic carbocycles. The lowest BCUT2D eigenvalue weighted by Crippen LogP contribution is -2.39. The Bertz CT molecular complexity index is 800. The molecule has 0 spiro atoms. The average molecular weight is 399 g/mol. The first-order valence-electron chi connectivity index (χ1n) is 10.6. The average Bonchev–Trinajstić information content (AvgIpc) is 3.02. The Kier molecular flexibility index (Phi) is 5.90. The number of carbonyl (C=O) groups excluding carboxylic acids is 2. The molecular weight excluding hydrogens is 370 g/mol. The Morgan fingerprint density at radius 2 is 1.90 bits per heavy atom. The van der Waals surface area contributed by atoms with Gasteiger partial charge in [0.1, 0.15) is 11.9 Å². The molecule has 156 valence electrons. The van der Waals surface area contributed by atoms with Gasteiger partial charge in [0.15, 0.2) is 11.5 Å². The van der Waals surface area contributed by atoms with Gasteiger partial charge in [-0.2, -0.15) is 0 Å². The van der Waals surface area contributed by atoms with Gasteiger partial charge in [0.05, 0.1) is 24.1 Å². The van der Waals surface area contributed by atoms with Crippen LogP contribution >= 0.6 is 0 Å². The molecule has 1 amide bonds. The highest BCUT2D eigenvalue weighted by Gasteiger charge is 2.51. The lowest BCUT2D eigenvalue weighted by Gasteiger charge is -2.35. The molecule has 1 aromatic carbocycles. The van der Waals surface area contributed by atoms with E-state index in [1.54, 1.807) is 12.0 Å². The molecule has 2 aliphatic heterocycles. The Hall–Kier alpha value is -2.34. The van der Waals surface area contributed by atoms with Crippen molar-refractivity contribution in [3.05, 3.63) is 41.2 Å². The minimum Gasteiger partial charge on any atom is -0.494 e. The predicted molar refractivity (Wildman–Crippen MR) is 107 cm³/mol. The topological polar surface area (TPSA) is 65.1 Å². The summed E-state index contributed by atoms with van der Waals surface area (Å²) in [7, 11) is 1.65. The first kappa shape index (κ1) is 20.0. The minimum atomic E-state index is -0.402.